The topological polar surface area (TPSA) is 67.8 Å². The van der Waals surface area contributed by atoms with E-state index in [2.05, 4.69) is 5.32 Å². The first-order valence-electron chi connectivity index (χ1n) is 9.11. The van der Waals surface area contributed by atoms with Crippen molar-refractivity contribution in [2.75, 3.05) is 13.2 Å². The molecule has 1 fully saturated rings. The predicted octanol–water partition coefficient (Wildman–Crippen LogP) is 3.18. The minimum atomic E-state index is -0.233. The zero-order chi connectivity index (χ0) is 18.2. The van der Waals surface area contributed by atoms with Gasteiger partial charge in [0.1, 0.15) is 24.7 Å². The third kappa shape index (κ3) is 5.23. The number of carbonyl (C=O) groups is 1. The van der Waals surface area contributed by atoms with Crippen LogP contribution >= 0.6 is 0 Å². The van der Waals surface area contributed by atoms with Gasteiger partial charge < -0.3 is 19.9 Å². The number of carbonyl (C=O) groups excluding carboxylic acids is 1. The number of hydrogen-bond donors (Lipinski definition) is 2. The molecule has 1 aliphatic rings. The van der Waals surface area contributed by atoms with Crippen LogP contribution < -0.4 is 14.8 Å². The summed E-state index contributed by atoms with van der Waals surface area (Å²) in [5, 5.41) is 12.6. The van der Waals surface area contributed by atoms with E-state index in [9.17, 15) is 9.90 Å². The average molecular weight is 355 g/mol. The summed E-state index contributed by atoms with van der Waals surface area (Å²) < 4.78 is 11.4. The van der Waals surface area contributed by atoms with Crippen molar-refractivity contribution < 1.29 is 19.4 Å². The van der Waals surface area contributed by atoms with Crippen LogP contribution in [0.2, 0.25) is 0 Å². The van der Waals surface area contributed by atoms with Crippen LogP contribution in [0.1, 0.15) is 36.0 Å². The van der Waals surface area contributed by atoms with Crippen LogP contribution in [0.5, 0.6) is 11.5 Å². The molecule has 2 N–H and O–H groups in total. The van der Waals surface area contributed by atoms with Crippen molar-refractivity contribution in [3.8, 4) is 11.5 Å². The fraction of sp³-hybridized carbons (Fsp3) is 0.381. The molecule has 138 valence electrons. The third-order valence-corrected chi connectivity index (χ3v) is 4.52. The zero-order valence-corrected chi connectivity index (χ0v) is 14.8. The summed E-state index contributed by atoms with van der Waals surface area (Å²) in [6, 6.07) is 16.9. The first-order valence-corrected chi connectivity index (χ1v) is 9.11. The van der Waals surface area contributed by atoms with Gasteiger partial charge in [-0.05, 0) is 49.9 Å². The molecule has 0 atom stereocenters. The second-order valence-electron chi connectivity index (χ2n) is 6.49. The van der Waals surface area contributed by atoms with Crippen LogP contribution in [0.15, 0.2) is 54.6 Å². The van der Waals surface area contributed by atoms with Crippen molar-refractivity contribution in [2.45, 2.75) is 37.8 Å². The molecule has 0 bridgehead atoms. The SMILES string of the molecule is O=C(NC1CCC(O)CC1)c1ccccc1OCCOc1ccccc1. The largest absolute Gasteiger partial charge is 0.490 e. The minimum Gasteiger partial charge on any atom is -0.490 e. The van der Waals surface area contributed by atoms with E-state index >= 15 is 0 Å². The minimum absolute atomic E-state index is 0.111. The molecule has 0 aromatic heterocycles. The fourth-order valence-electron chi connectivity index (χ4n) is 3.09. The molecule has 0 unspecified atom stereocenters. The second-order valence-corrected chi connectivity index (χ2v) is 6.49. The highest BCUT2D eigenvalue weighted by atomic mass is 16.5. The molecule has 1 saturated carbocycles. The number of ether oxygens (including phenoxy) is 2. The Morgan fingerprint density at radius 2 is 1.58 bits per heavy atom. The van der Waals surface area contributed by atoms with E-state index in [1.165, 1.54) is 0 Å². The summed E-state index contributed by atoms with van der Waals surface area (Å²) in [6.45, 7) is 0.759. The summed E-state index contributed by atoms with van der Waals surface area (Å²) in [6.07, 6.45) is 2.85. The first-order chi connectivity index (χ1) is 12.7. The number of amides is 1. The van der Waals surface area contributed by atoms with Crippen LogP contribution in [-0.2, 0) is 0 Å². The highest BCUT2D eigenvalue weighted by Gasteiger charge is 2.22. The van der Waals surface area contributed by atoms with Crippen molar-refractivity contribution in [3.63, 3.8) is 0 Å². The standard InChI is InChI=1S/C21H25NO4/c23-17-12-10-16(11-13-17)22-21(24)19-8-4-5-9-20(19)26-15-14-25-18-6-2-1-3-7-18/h1-9,16-17,23H,10-15H2,(H,22,24). The summed E-state index contributed by atoms with van der Waals surface area (Å²) in [7, 11) is 0. The molecule has 0 aliphatic heterocycles. The predicted molar refractivity (Wildman–Crippen MR) is 99.6 cm³/mol. The molecule has 0 heterocycles. The van der Waals surface area contributed by atoms with Crippen LogP contribution in [0.25, 0.3) is 0 Å². The monoisotopic (exact) mass is 355 g/mol. The summed E-state index contributed by atoms with van der Waals surface area (Å²) >= 11 is 0. The number of rotatable bonds is 7. The van der Waals surface area contributed by atoms with Crippen molar-refractivity contribution >= 4 is 5.91 Å². The maximum atomic E-state index is 12.6. The molecule has 26 heavy (non-hydrogen) atoms. The molecular formula is C21H25NO4. The van der Waals surface area contributed by atoms with Gasteiger partial charge in [-0.25, -0.2) is 0 Å². The second kappa shape index (κ2) is 9.25. The molecule has 0 radical (unpaired) electrons. The Bertz CT molecular complexity index is 696. The lowest BCUT2D eigenvalue weighted by atomic mass is 9.93. The summed E-state index contributed by atoms with van der Waals surface area (Å²) in [4.78, 5) is 12.6. The molecule has 2 aromatic carbocycles. The lowest BCUT2D eigenvalue weighted by Gasteiger charge is -2.26. The van der Waals surface area contributed by atoms with Crippen molar-refractivity contribution in [1.82, 2.24) is 5.32 Å². The Morgan fingerprint density at radius 3 is 2.35 bits per heavy atom. The fourth-order valence-corrected chi connectivity index (χ4v) is 3.09. The number of para-hydroxylation sites is 2. The quantitative estimate of drug-likeness (QED) is 0.749. The molecular weight excluding hydrogens is 330 g/mol. The normalized spacial score (nSPS) is 19.6. The van der Waals surface area contributed by atoms with Gasteiger partial charge in [0.25, 0.3) is 5.91 Å². The number of hydrogen-bond acceptors (Lipinski definition) is 4. The highest BCUT2D eigenvalue weighted by Crippen LogP contribution is 2.21. The third-order valence-electron chi connectivity index (χ3n) is 4.52. The van der Waals surface area contributed by atoms with E-state index in [4.69, 9.17) is 9.47 Å². The van der Waals surface area contributed by atoms with Gasteiger partial charge in [-0.1, -0.05) is 30.3 Å². The van der Waals surface area contributed by atoms with Gasteiger partial charge in [0.2, 0.25) is 0 Å². The summed E-state index contributed by atoms with van der Waals surface area (Å²) in [5.41, 5.74) is 0.526. The lowest BCUT2D eigenvalue weighted by Crippen LogP contribution is -2.38. The molecule has 5 heteroatoms. The summed E-state index contributed by atoms with van der Waals surface area (Å²) in [5.74, 6) is 1.21. The molecule has 0 saturated heterocycles. The van der Waals surface area contributed by atoms with Gasteiger partial charge in [0.15, 0.2) is 0 Å². The smallest absolute Gasteiger partial charge is 0.255 e. The maximum absolute atomic E-state index is 12.6. The average Bonchev–Trinajstić information content (AvgIpc) is 2.68. The molecule has 1 aliphatic carbocycles. The van der Waals surface area contributed by atoms with E-state index < -0.39 is 0 Å². The zero-order valence-electron chi connectivity index (χ0n) is 14.8. The van der Waals surface area contributed by atoms with E-state index in [1.54, 1.807) is 12.1 Å². The van der Waals surface area contributed by atoms with E-state index in [0.29, 0.717) is 24.5 Å². The van der Waals surface area contributed by atoms with Gasteiger partial charge in [0, 0.05) is 6.04 Å². The number of nitrogens with one attached hydrogen (secondary N) is 1. The van der Waals surface area contributed by atoms with Crippen molar-refractivity contribution in [3.05, 3.63) is 60.2 Å². The first kappa shape index (κ1) is 18.3. The van der Waals surface area contributed by atoms with Crippen molar-refractivity contribution in [2.24, 2.45) is 0 Å². The van der Waals surface area contributed by atoms with Crippen LogP contribution in [0, 0.1) is 0 Å². The number of aliphatic hydroxyl groups excluding tert-OH is 1. The van der Waals surface area contributed by atoms with Crippen molar-refractivity contribution in [1.29, 1.82) is 0 Å². The van der Waals surface area contributed by atoms with Gasteiger partial charge >= 0.3 is 0 Å². The van der Waals surface area contributed by atoms with Crippen LogP contribution in [0.4, 0.5) is 0 Å². The Kier molecular flexibility index (Phi) is 6.50. The number of benzene rings is 2. The van der Waals surface area contributed by atoms with E-state index in [0.717, 1.165) is 31.4 Å². The lowest BCUT2D eigenvalue weighted by molar-refractivity contribution is 0.0863. The molecule has 2 aromatic rings. The Hall–Kier alpha value is -2.53. The van der Waals surface area contributed by atoms with Gasteiger partial charge in [-0.15, -0.1) is 0 Å². The maximum Gasteiger partial charge on any atom is 0.255 e. The molecule has 5 nitrogen and oxygen atoms in total. The number of aliphatic hydroxyl groups is 1. The van der Waals surface area contributed by atoms with Gasteiger partial charge in [-0.3, -0.25) is 4.79 Å². The Morgan fingerprint density at radius 1 is 0.923 bits per heavy atom. The molecule has 1 amide bonds. The van der Waals surface area contributed by atoms with Crippen LogP contribution in [0.3, 0.4) is 0 Å². The Balaban J connectivity index is 1.51. The van der Waals surface area contributed by atoms with Gasteiger partial charge in [0.05, 0.1) is 11.7 Å². The van der Waals surface area contributed by atoms with E-state index in [-0.39, 0.29) is 18.1 Å². The highest BCUT2D eigenvalue weighted by molar-refractivity contribution is 5.97. The Labute approximate surface area is 153 Å². The molecule has 3 rings (SSSR count). The van der Waals surface area contributed by atoms with E-state index in [1.807, 2.05) is 42.5 Å². The van der Waals surface area contributed by atoms with Crippen LogP contribution in [-0.4, -0.2) is 36.4 Å². The molecule has 0 spiro atoms. The van der Waals surface area contributed by atoms with Gasteiger partial charge in [-0.2, -0.15) is 0 Å².